The highest BCUT2D eigenvalue weighted by Crippen LogP contribution is 2.41. The molecule has 2 amide bonds. The van der Waals surface area contributed by atoms with Gasteiger partial charge in [-0.2, -0.15) is 26.3 Å². The number of urea groups is 1. The van der Waals surface area contributed by atoms with Gasteiger partial charge in [0, 0.05) is 20.0 Å². The first-order chi connectivity index (χ1) is 19.4. The summed E-state index contributed by atoms with van der Waals surface area (Å²) in [5.41, 5.74) is -2.18. The van der Waals surface area contributed by atoms with Crippen LogP contribution in [0.25, 0.3) is 0 Å². The predicted molar refractivity (Wildman–Crippen MR) is 138 cm³/mol. The van der Waals surface area contributed by atoms with Gasteiger partial charge in [0.2, 0.25) is 5.78 Å². The number of ketones is 1. The molecule has 1 aliphatic heterocycles. The highest BCUT2D eigenvalue weighted by Gasteiger charge is 2.39. The number of likely N-dealkylation sites (tertiary alicyclic amines) is 1. The second-order valence-corrected chi connectivity index (χ2v) is 10.5. The third-order valence-corrected chi connectivity index (χ3v) is 7.72. The van der Waals surface area contributed by atoms with Crippen molar-refractivity contribution in [3.63, 3.8) is 0 Å². The van der Waals surface area contributed by atoms with E-state index in [0.717, 1.165) is 12.0 Å². The highest BCUT2D eigenvalue weighted by molar-refractivity contribution is 6.33. The average molecular weight is 605 g/mol. The van der Waals surface area contributed by atoms with E-state index in [1.54, 1.807) is 6.92 Å². The largest absolute Gasteiger partial charge is 0.463 e. The minimum atomic E-state index is -5.04. The van der Waals surface area contributed by atoms with Gasteiger partial charge in [0.25, 0.3) is 0 Å². The fraction of sp³-hybridized carbons (Fsp3) is 0.483. The maximum atomic E-state index is 13.9. The van der Waals surface area contributed by atoms with Gasteiger partial charge >= 0.3 is 24.4 Å². The summed E-state index contributed by atoms with van der Waals surface area (Å²) in [6.07, 6.45) is -9.09. The predicted octanol–water partition coefficient (Wildman–Crippen LogP) is 7.26. The first-order valence-electron chi connectivity index (χ1n) is 13.1. The number of esters is 1. The van der Waals surface area contributed by atoms with E-state index in [1.807, 2.05) is 0 Å². The second kappa shape index (κ2) is 12.7. The van der Waals surface area contributed by atoms with Gasteiger partial charge in [-0.3, -0.25) is 4.79 Å². The van der Waals surface area contributed by atoms with Crippen LogP contribution in [0.5, 0.6) is 0 Å². The standard InChI is InChI=1S/C29H31F7N2O4/c1-16-11-22(30)6-7-23(16)24-12-18(5-8-25(39)26(40)42-4)9-10-38(24)27(41)37(3)17(2)19-13-20(28(31,32)33)15-21(14-19)29(34,35)36/h6-7,11,13-15,17-18,24H,5,8-10,12H2,1-4H3/t17-,18+,24-/m1/s1. The quantitative estimate of drug-likeness (QED) is 0.190. The van der Waals surface area contributed by atoms with E-state index in [9.17, 15) is 45.1 Å². The van der Waals surface area contributed by atoms with E-state index < -0.39 is 59.2 Å². The SMILES string of the molecule is COC(=O)C(=O)CC[C@H]1CCN(C(=O)N(C)[C@H](C)c2cc(C(F)(F)F)cc(C(F)(F)F)c2)[C@@H](c2ccc(F)cc2C)C1. The number of hydrogen-bond acceptors (Lipinski definition) is 4. The molecule has 42 heavy (non-hydrogen) atoms. The molecule has 0 N–H and O–H groups in total. The molecule has 0 aliphatic carbocycles. The van der Waals surface area contributed by atoms with Gasteiger partial charge in [-0.25, -0.2) is 14.0 Å². The van der Waals surface area contributed by atoms with Crippen LogP contribution in [0, 0.1) is 18.7 Å². The number of rotatable bonds is 7. The number of benzene rings is 2. The Morgan fingerprint density at radius 1 is 1.02 bits per heavy atom. The zero-order valence-electron chi connectivity index (χ0n) is 23.4. The number of methoxy groups -OCH3 is 1. The topological polar surface area (TPSA) is 66.9 Å². The van der Waals surface area contributed by atoms with Crippen molar-refractivity contribution in [2.45, 2.75) is 64.0 Å². The Labute approximate surface area is 238 Å². The number of piperidine rings is 1. The lowest BCUT2D eigenvalue weighted by atomic mass is 9.83. The minimum Gasteiger partial charge on any atom is -0.463 e. The summed E-state index contributed by atoms with van der Waals surface area (Å²) in [5, 5.41) is 0. The van der Waals surface area contributed by atoms with Gasteiger partial charge in [-0.1, -0.05) is 6.07 Å². The number of Topliss-reactive ketones (excluding diaryl/α,β-unsaturated/α-hetero) is 1. The molecule has 13 heteroatoms. The Balaban J connectivity index is 1.92. The molecule has 2 aromatic rings. The van der Waals surface area contributed by atoms with Crippen molar-refractivity contribution in [1.82, 2.24) is 9.80 Å². The lowest BCUT2D eigenvalue weighted by Crippen LogP contribution is -2.47. The van der Waals surface area contributed by atoms with E-state index in [-0.39, 0.29) is 30.5 Å². The molecule has 1 saturated heterocycles. The van der Waals surface area contributed by atoms with Gasteiger partial charge < -0.3 is 14.5 Å². The third-order valence-electron chi connectivity index (χ3n) is 7.72. The molecular formula is C29H31F7N2O4. The first-order valence-corrected chi connectivity index (χ1v) is 13.1. The van der Waals surface area contributed by atoms with Crippen LogP contribution in [0.15, 0.2) is 36.4 Å². The molecule has 0 saturated carbocycles. The Kier molecular flexibility index (Phi) is 9.94. The fourth-order valence-electron chi connectivity index (χ4n) is 5.20. The van der Waals surface area contributed by atoms with Gasteiger partial charge in [-0.15, -0.1) is 0 Å². The van der Waals surface area contributed by atoms with E-state index in [1.165, 1.54) is 37.1 Å². The van der Waals surface area contributed by atoms with Crippen LogP contribution in [0.3, 0.4) is 0 Å². The van der Waals surface area contributed by atoms with Crippen molar-refractivity contribution >= 4 is 17.8 Å². The Morgan fingerprint density at radius 3 is 2.14 bits per heavy atom. The molecule has 0 bridgehead atoms. The number of carbonyl (C=O) groups excluding carboxylic acids is 3. The molecule has 3 rings (SSSR count). The summed E-state index contributed by atoms with van der Waals surface area (Å²) >= 11 is 0. The van der Waals surface area contributed by atoms with Crippen molar-refractivity contribution in [2.24, 2.45) is 5.92 Å². The van der Waals surface area contributed by atoms with E-state index in [0.29, 0.717) is 42.5 Å². The number of nitrogens with zero attached hydrogens (tertiary/aromatic N) is 2. The summed E-state index contributed by atoms with van der Waals surface area (Å²) in [6.45, 7) is 3.13. The summed E-state index contributed by atoms with van der Waals surface area (Å²) in [7, 11) is 2.38. The smallest absolute Gasteiger partial charge is 0.416 e. The molecule has 1 fully saturated rings. The number of alkyl halides is 6. The summed E-state index contributed by atoms with van der Waals surface area (Å²) in [5.74, 6) is -2.27. The van der Waals surface area contributed by atoms with Crippen LogP contribution in [0.4, 0.5) is 35.5 Å². The van der Waals surface area contributed by atoms with Crippen molar-refractivity contribution < 1.29 is 49.9 Å². The Bertz CT molecular complexity index is 1290. The Morgan fingerprint density at radius 2 is 1.62 bits per heavy atom. The van der Waals surface area contributed by atoms with Crippen LogP contribution in [-0.2, 0) is 26.7 Å². The van der Waals surface area contributed by atoms with Gasteiger partial charge in [0.15, 0.2) is 0 Å². The van der Waals surface area contributed by atoms with Crippen LogP contribution in [-0.4, -0.2) is 48.3 Å². The van der Waals surface area contributed by atoms with Crippen LogP contribution >= 0.6 is 0 Å². The number of carbonyl (C=O) groups is 3. The van der Waals surface area contributed by atoms with Crippen molar-refractivity contribution in [2.75, 3.05) is 20.7 Å². The number of ether oxygens (including phenoxy) is 1. The molecule has 1 heterocycles. The molecule has 0 radical (unpaired) electrons. The molecule has 3 atom stereocenters. The molecule has 1 aliphatic rings. The number of halogens is 7. The summed E-state index contributed by atoms with van der Waals surface area (Å²) < 4.78 is 99.0. The van der Waals surface area contributed by atoms with Crippen molar-refractivity contribution in [1.29, 1.82) is 0 Å². The molecular weight excluding hydrogens is 573 g/mol. The number of hydrogen-bond donors (Lipinski definition) is 0. The van der Waals surface area contributed by atoms with Gasteiger partial charge in [-0.05, 0) is 86.1 Å². The maximum Gasteiger partial charge on any atom is 0.416 e. The molecule has 0 spiro atoms. The fourth-order valence-corrected chi connectivity index (χ4v) is 5.20. The monoisotopic (exact) mass is 604 g/mol. The van der Waals surface area contributed by atoms with Crippen LogP contribution in [0.2, 0.25) is 0 Å². The maximum absolute atomic E-state index is 13.9. The zero-order valence-corrected chi connectivity index (χ0v) is 23.4. The van der Waals surface area contributed by atoms with E-state index in [2.05, 4.69) is 4.74 Å². The van der Waals surface area contributed by atoms with E-state index >= 15 is 0 Å². The minimum absolute atomic E-state index is 0.0289. The highest BCUT2D eigenvalue weighted by atomic mass is 19.4. The molecule has 2 aromatic carbocycles. The lowest BCUT2D eigenvalue weighted by molar-refractivity contribution is -0.151. The number of amides is 2. The number of aryl methyl sites for hydroxylation is 1. The molecule has 6 nitrogen and oxygen atoms in total. The average Bonchev–Trinajstić information content (AvgIpc) is 2.93. The molecule has 0 unspecified atom stereocenters. The lowest BCUT2D eigenvalue weighted by Gasteiger charge is -2.43. The van der Waals surface area contributed by atoms with Crippen molar-refractivity contribution in [3.8, 4) is 0 Å². The second-order valence-electron chi connectivity index (χ2n) is 10.5. The molecule has 230 valence electrons. The summed E-state index contributed by atoms with van der Waals surface area (Å²) in [4.78, 5) is 39.8. The Hall–Kier alpha value is -3.64. The first kappa shape index (κ1) is 32.9. The normalized spacial score (nSPS) is 18.4. The van der Waals surface area contributed by atoms with Gasteiger partial charge in [0.1, 0.15) is 5.82 Å². The van der Waals surface area contributed by atoms with Crippen LogP contribution in [0.1, 0.15) is 72.5 Å². The third kappa shape index (κ3) is 7.60. The van der Waals surface area contributed by atoms with E-state index in [4.69, 9.17) is 0 Å². The van der Waals surface area contributed by atoms with Crippen LogP contribution < -0.4 is 0 Å². The summed E-state index contributed by atoms with van der Waals surface area (Å²) in [6, 6.07) is 2.79. The molecule has 0 aromatic heterocycles. The van der Waals surface area contributed by atoms with Gasteiger partial charge in [0.05, 0.1) is 30.3 Å². The zero-order chi connectivity index (χ0) is 31.6. The van der Waals surface area contributed by atoms with Crippen molar-refractivity contribution in [3.05, 3.63) is 70.0 Å².